The molecule has 1 aromatic heterocycles. The second-order valence-electron chi connectivity index (χ2n) is 4.73. The van der Waals surface area contributed by atoms with E-state index in [2.05, 4.69) is 31.3 Å². The third-order valence-corrected chi connectivity index (χ3v) is 3.53. The lowest BCUT2D eigenvalue weighted by Crippen LogP contribution is -2.18. The topological polar surface area (TPSA) is 29.9 Å². The first-order valence-corrected chi connectivity index (χ1v) is 5.80. The minimum absolute atomic E-state index is 0.492. The van der Waals surface area contributed by atoms with Gasteiger partial charge in [0.05, 0.1) is 5.69 Å². The van der Waals surface area contributed by atoms with Crippen molar-refractivity contribution in [1.29, 1.82) is 0 Å². The molecule has 1 aliphatic carbocycles. The molecule has 0 amide bonds. The summed E-state index contributed by atoms with van der Waals surface area (Å²) < 4.78 is 1.99. The quantitative estimate of drug-likeness (QED) is 0.819. The van der Waals surface area contributed by atoms with Crippen molar-refractivity contribution in [1.82, 2.24) is 15.1 Å². The summed E-state index contributed by atoms with van der Waals surface area (Å²) in [6.07, 6.45) is 4.09. The summed E-state index contributed by atoms with van der Waals surface area (Å²) in [5.41, 5.74) is 3.88. The minimum atomic E-state index is 0.492. The molecule has 15 heavy (non-hydrogen) atoms. The number of nitrogens with zero attached hydrogens (tertiary/aromatic N) is 2. The Kier molecular flexibility index (Phi) is 2.83. The first kappa shape index (κ1) is 10.7. The van der Waals surface area contributed by atoms with E-state index in [1.54, 1.807) is 0 Å². The van der Waals surface area contributed by atoms with Gasteiger partial charge in [-0.15, -0.1) is 0 Å². The van der Waals surface area contributed by atoms with Gasteiger partial charge in [0, 0.05) is 24.3 Å². The van der Waals surface area contributed by atoms with E-state index in [0.717, 1.165) is 5.92 Å². The molecule has 2 rings (SSSR count). The predicted octanol–water partition coefficient (Wildman–Crippen LogP) is 2.10. The molecule has 0 radical (unpaired) electrons. The summed E-state index contributed by atoms with van der Waals surface area (Å²) in [5, 5.41) is 7.92. The molecule has 1 N–H and O–H groups in total. The van der Waals surface area contributed by atoms with Crippen LogP contribution in [0.1, 0.15) is 42.3 Å². The maximum absolute atomic E-state index is 4.48. The molecule has 1 aliphatic rings. The average Bonchev–Trinajstić information content (AvgIpc) is 2.96. The summed E-state index contributed by atoms with van der Waals surface area (Å²) >= 11 is 0. The molecule has 1 saturated carbocycles. The van der Waals surface area contributed by atoms with E-state index < -0.39 is 0 Å². The first-order valence-electron chi connectivity index (χ1n) is 5.80. The molecule has 1 unspecified atom stereocenters. The van der Waals surface area contributed by atoms with Crippen molar-refractivity contribution in [3.8, 4) is 0 Å². The van der Waals surface area contributed by atoms with Gasteiger partial charge in [-0.3, -0.25) is 4.68 Å². The summed E-state index contributed by atoms with van der Waals surface area (Å²) in [4.78, 5) is 0. The van der Waals surface area contributed by atoms with Crippen LogP contribution in [0.3, 0.4) is 0 Å². The van der Waals surface area contributed by atoms with Crippen molar-refractivity contribution in [2.45, 2.75) is 39.2 Å². The molecule has 1 fully saturated rings. The summed E-state index contributed by atoms with van der Waals surface area (Å²) in [6, 6.07) is 0.492. The minimum Gasteiger partial charge on any atom is -0.313 e. The molecule has 1 aromatic rings. The summed E-state index contributed by atoms with van der Waals surface area (Å²) in [6.45, 7) is 4.27. The van der Waals surface area contributed by atoms with Crippen LogP contribution in [0.4, 0.5) is 0 Å². The van der Waals surface area contributed by atoms with Crippen molar-refractivity contribution in [2.24, 2.45) is 13.0 Å². The Morgan fingerprint density at radius 3 is 2.53 bits per heavy atom. The Bertz CT molecular complexity index is 350. The van der Waals surface area contributed by atoms with Crippen LogP contribution >= 0.6 is 0 Å². The zero-order valence-electron chi connectivity index (χ0n) is 10.2. The van der Waals surface area contributed by atoms with Crippen LogP contribution in [0.2, 0.25) is 0 Å². The van der Waals surface area contributed by atoms with Crippen LogP contribution in [-0.4, -0.2) is 16.8 Å². The van der Waals surface area contributed by atoms with Gasteiger partial charge in [0.2, 0.25) is 0 Å². The molecule has 0 spiro atoms. The Balaban J connectivity index is 2.23. The van der Waals surface area contributed by atoms with Crippen molar-refractivity contribution in [3.63, 3.8) is 0 Å². The van der Waals surface area contributed by atoms with Gasteiger partial charge in [0.15, 0.2) is 0 Å². The van der Waals surface area contributed by atoms with E-state index in [-0.39, 0.29) is 0 Å². The molecule has 0 bridgehead atoms. The zero-order valence-corrected chi connectivity index (χ0v) is 10.2. The monoisotopic (exact) mass is 207 g/mol. The Morgan fingerprint density at radius 1 is 1.47 bits per heavy atom. The fraction of sp³-hybridized carbons (Fsp3) is 0.750. The first-order chi connectivity index (χ1) is 7.13. The van der Waals surface area contributed by atoms with E-state index in [0.29, 0.717) is 6.04 Å². The second kappa shape index (κ2) is 3.97. The molecule has 0 saturated heterocycles. The molecule has 3 heteroatoms. The van der Waals surface area contributed by atoms with Crippen LogP contribution in [0, 0.1) is 19.8 Å². The number of hydrogen-bond acceptors (Lipinski definition) is 2. The molecule has 3 nitrogen and oxygen atoms in total. The Labute approximate surface area is 91.9 Å². The van der Waals surface area contributed by atoms with Gasteiger partial charge in [0.25, 0.3) is 0 Å². The highest BCUT2D eigenvalue weighted by atomic mass is 15.3. The van der Waals surface area contributed by atoms with Crippen molar-refractivity contribution < 1.29 is 0 Å². The number of hydrogen-bond donors (Lipinski definition) is 1. The lowest BCUT2D eigenvalue weighted by Gasteiger charge is -2.16. The molecular weight excluding hydrogens is 186 g/mol. The zero-order chi connectivity index (χ0) is 11.0. The SMILES string of the molecule is CNC(CC1CC1)c1c(C)nn(C)c1C. The van der Waals surface area contributed by atoms with Crippen molar-refractivity contribution in [2.75, 3.05) is 7.05 Å². The average molecular weight is 207 g/mol. The van der Waals surface area contributed by atoms with Crippen LogP contribution in [-0.2, 0) is 7.05 Å². The normalized spacial score (nSPS) is 18.1. The van der Waals surface area contributed by atoms with Crippen LogP contribution in [0.25, 0.3) is 0 Å². The fourth-order valence-corrected chi connectivity index (χ4v) is 2.36. The summed E-state index contributed by atoms with van der Waals surface area (Å²) in [5.74, 6) is 0.946. The van der Waals surface area contributed by atoms with Gasteiger partial charge in [-0.25, -0.2) is 0 Å². The lowest BCUT2D eigenvalue weighted by molar-refractivity contribution is 0.509. The molecule has 1 heterocycles. The van der Waals surface area contributed by atoms with Gasteiger partial charge in [-0.2, -0.15) is 5.10 Å². The van der Waals surface area contributed by atoms with E-state index in [1.165, 1.54) is 36.2 Å². The van der Waals surface area contributed by atoms with Gasteiger partial charge in [-0.05, 0) is 33.2 Å². The van der Waals surface area contributed by atoms with Crippen molar-refractivity contribution >= 4 is 0 Å². The van der Waals surface area contributed by atoms with Gasteiger partial charge >= 0.3 is 0 Å². The Hall–Kier alpha value is -0.830. The second-order valence-corrected chi connectivity index (χ2v) is 4.73. The van der Waals surface area contributed by atoms with E-state index in [4.69, 9.17) is 0 Å². The number of nitrogens with one attached hydrogen (secondary N) is 1. The number of rotatable bonds is 4. The maximum atomic E-state index is 4.48. The van der Waals surface area contributed by atoms with Gasteiger partial charge < -0.3 is 5.32 Å². The third kappa shape index (κ3) is 2.07. The maximum Gasteiger partial charge on any atom is 0.0644 e. The summed E-state index contributed by atoms with van der Waals surface area (Å²) in [7, 11) is 4.08. The van der Waals surface area contributed by atoms with Crippen LogP contribution in [0.5, 0.6) is 0 Å². The highest BCUT2D eigenvalue weighted by Gasteiger charge is 2.28. The highest BCUT2D eigenvalue weighted by Crippen LogP contribution is 2.38. The number of aryl methyl sites for hydroxylation is 2. The molecule has 84 valence electrons. The Morgan fingerprint density at radius 2 is 2.13 bits per heavy atom. The molecular formula is C12H21N3. The smallest absolute Gasteiger partial charge is 0.0644 e. The molecule has 0 aliphatic heterocycles. The van der Waals surface area contributed by atoms with E-state index >= 15 is 0 Å². The van der Waals surface area contributed by atoms with E-state index in [1.807, 2.05) is 11.7 Å². The lowest BCUT2D eigenvalue weighted by atomic mass is 9.99. The van der Waals surface area contributed by atoms with Crippen molar-refractivity contribution in [3.05, 3.63) is 17.0 Å². The number of aromatic nitrogens is 2. The van der Waals surface area contributed by atoms with Crippen LogP contribution < -0.4 is 5.32 Å². The third-order valence-electron chi connectivity index (χ3n) is 3.53. The highest BCUT2D eigenvalue weighted by molar-refractivity contribution is 5.28. The van der Waals surface area contributed by atoms with Gasteiger partial charge in [-0.1, -0.05) is 12.8 Å². The van der Waals surface area contributed by atoms with Crippen LogP contribution in [0.15, 0.2) is 0 Å². The molecule has 1 atom stereocenters. The largest absolute Gasteiger partial charge is 0.313 e. The fourth-order valence-electron chi connectivity index (χ4n) is 2.36. The standard InChI is InChI=1S/C12H21N3/c1-8-12(9(2)15(4)14-8)11(13-3)7-10-5-6-10/h10-11,13H,5-7H2,1-4H3. The predicted molar refractivity (Wildman–Crippen MR) is 61.8 cm³/mol. The molecule has 0 aromatic carbocycles. The van der Waals surface area contributed by atoms with E-state index in [9.17, 15) is 0 Å². The van der Waals surface area contributed by atoms with Gasteiger partial charge in [0.1, 0.15) is 0 Å².